The first-order valence-corrected chi connectivity index (χ1v) is 10.6. The summed E-state index contributed by atoms with van der Waals surface area (Å²) in [5.41, 5.74) is 4.63. The Balaban J connectivity index is 1.29. The van der Waals surface area contributed by atoms with Crippen LogP contribution in [-0.4, -0.2) is 35.6 Å². The Bertz CT molecular complexity index is 1160. The molecule has 0 spiro atoms. The van der Waals surface area contributed by atoms with Gasteiger partial charge in [-0.2, -0.15) is 5.26 Å². The largest absolute Gasteiger partial charge is 0.449 e. The normalized spacial score (nSPS) is 14.0. The van der Waals surface area contributed by atoms with Crippen LogP contribution in [0.3, 0.4) is 0 Å². The van der Waals surface area contributed by atoms with E-state index in [9.17, 15) is 19.4 Å². The Morgan fingerprint density at radius 3 is 2.33 bits per heavy atom. The van der Waals surface area contributed by atoms with Crippen molar-refractivity contribution in [3.05, 3.63) is 94.8 Å². The maximum Gasteiger partial charge on any atom is 0.407 e. The van der Waals surface area contributed by atoms with E-state index in [2.05, 4.69) is 17.4 Å². The molecule has 3 aromatic rings. The van der Waals surface area contributed by atoms with Crippen LogP contribution in [0.25, 0.3) is 11.1 Å². The number of fused-ring (bicyclic) bond motifs is 3. The van der Waals surface area contributed by atoms with Crippen LogP contribution < -0.4 is 5.32 Å². The molecule has 0 radical (unpaired) electrons. The lowest BCUT2D eigenvalue weighted by molar-refractivity contribution is 0.0135. The molecule has 2 unspecified atom stereocenters. The number of aliphatic hydroxyl groups excluding tert-OH is 2. The van der Waals surface area contributed by atoms with Gasteiger partial charge in [0.2, 0.25) is 0 Å². The molecule has 1 aliphatic carbocycles. The SMILES string of the molecule is N#Cc1cc(F)cc(C(O)C(O)CCNC(=O)OCC2c3ccccc3-c3ccccc32)c1. The van der Waals surface area contributed by atoms with Crippen LogP contribution in [0.1, 0.15) is 40.7 Å². The molecule has 0 aliphatic heterocycles. The number of aliphatic hydroxyl groups is 2. The fourth-order valence-electron chi connectivity index (χ4n) is 4.20. The average Bonchev–Trinajstić information content (AvgIpc) is 3.15. The van der Waals surface area contributed by atoms with E-state index in [0.717, 1.165) is 34.4 Å². The average molecular weight is 446 g/mol. The summed E-state index contributed by atoms with van der Waals surface area (Å²) in [4.78, 5) is 12.2. The predicted octanol–water partition coefficient (Wildman–Crippen LogP) is 4.02. The van der Waals surface area contributed by atoms with Crippen LogP contribution in [-0.2, 0) is 4.74 Å². The van der Waals surface area contributed by atoms with E-state index in [1.165, 1.54) is 6.07 Å². The lowest BCUT2D eigenvalue weighted by Gasteiger charge is -2.19. The molecule has 0 saturated carbocycles. The van der Waals surface area contributed by atoms with Gasteiger partial charge >= 0.3 is 6.09 Å². The lowest BCUT2D eigenvalue weighted by atomic mass is 9.98. The van der Waals surface area contributed by atoms with Gasteiger partial charge in [0.05, 0.1) is 17.7 Å². The van der Waals surface area contributed by atoms with Crippen LogP contribution in [0.15, 0.2) is 66.7 Å². The smallest absolute Gasteiger partial charge is 0.407 e. The summed E-state index contributed by atoms with van der Waals surface area (Å²) >= 11 is 0. The molecule has 168 valence electrons. The van der Waals surface area contributed by atoms with Gasteiger partial charge in [-0.25, -0.2) is 9.18 Å². The quantitative estimate of drug-likeness (QED) is 0.509. The molecule has 4 rings (SSSR count). The van der Waals surface area contributed by atoms with Gasteiger partial charge in [-0.3, -0.25) is 0 Å². The molecular formula is C26H23FN2O4. The van der Waals surface area contributed by atoms with Crippen molar-refractivity contribution in [2.45, 2.75) is 24.5 Å². The molecule has 2 atom stereocenters. The van der Waals surface area contributed by atoms with Crippen LogP contribution >= 0.6 is 0 Å². The molecule has 0 aromatic heterocycles. The number of rotatable bonds is 7. The van der Waals surface area contributed by atoms with Crippen molar-refractivity contribution in [1.82, 2.24) is 5.32 Å². The number of alkyl carbamates (subject to hydrolysis) is 1. The molecule has 3 N–H and O–H groups in total. The third kappa shape index (κ3) is 4.87. The number of carbonyl (C=O) groups is 1. The first-order valence-electron chi connectivity index (χ1n) is 10.6. The second kappa shape index (κ2) is 9.82. The van der Waals surface area contributed by atoms with Gasteiger partial charge < -0.3 is 20.3 Å². The maximum atomic E-state index is 13.6. The molecule has 1 amide bonds. The van der Waals surface area contributed by atoms with E-state index >= 15 is 0 Å². The molecule has 7 heteroatoms. The van der Waals surface area contributed by atoms with Gasteiger partial charge in [-0.15, -0.1) is 0 Å². The molecule has 0 fully saturated rings. The Labute approximate surface area is 190 Å². The standard InChI is InChI=1S/C26H23FN2O4/c27-18-12-16(14-28)11-17(13-18)25(31)24(30)9-10-29-26(32)33-15-23-21-7-3-1-5-19(21)20-6-2-4-8-22(20)23/h1-8,11-13,23-25,30-31H,9-10,15H2,(H,29,32). The van der Waals surface area contributed by atoms with Crippen LogP contribution in [0.5, 0.6) is 0 Å². The van der Waals surface area contributed by atoms with E-state index in [1.807, 2.05) is 36.4 Å². The first-order chi connectivity index (χ1) is 16.0. The minimum atomic E-state index is -1.39. The monoisotopic (exact) mass is 446 g/mol. The third-order valence-electron chi connectivity index (χ3n) is 5.81. The van der Waals surface area contributed by atoms with Crippen molar-refractivity contribution in [1.29, 1.82) is 5.26 Å². The number of hydrogen-bond donors (Lipinski definition) is 3. The predicted molar refractivity (Wildman–Crippen MR) is 120 cm³/mol. The lowest BCUT2D eigenvalue weighted by Crippen LogP contribution is -2.30. The van der Waals surface area contributed by atoms with Crippen molar-refractivity contribution in [2.75, 3.05) is 13.2 Å². The Morgan fingerprint density at radius 2 is 1.70 bits per heavy atom. The summed E-state index contributed by atoms with van der Waals surface area (Å²) < 4.78 is 19.0. The number of halogens is 1. The molecular weight excluding hydrogens is 423 g/mol. The highest BCUT2D eigenvalue weighted by Gasteiger charge is 2.29. The zero-order valence-electron chi connectivity index (χ0n) is 17.7. The second-order valence-electron chi connectivity index (χ2n) is 7.94. The van der Waals surface area contributed by atoms with Gasteiger partial charge in [0, 0.05) is 12.5 Å². The van der Waals surface area contributed by atoms with Crippen molar-refractivity contribution >= 4 is 6.09 Å². The summed E-state index contributed by atoms with van der Waals surface area (Å²) in [6.07, 6.45) is -3.26. The van der Waals surface area contributed by atoms with E-state index in [0.29, 0.717) is 0 Å². The number of hydrogen-bond acceptors (Lipinski definition) is 5. The van der Waals surface area contributed by atoms with Gasteiger partial charge in [0.1, 0.15) is 18.5 Å². The summed E-state index contributed by atoms with van der Waals surface area (Å²) in [6, 6.07) is 21.3. The van der Waals surface area contributed by atoms with E-state index in [1.54, 1.807) is 6.07 Å². The Morgan fingerprint density at radius 1 is 1.06 bits per heavy atom. The first kappa shape index (κ1) is 22.5. The van der Waals surface area contributed by atoms with Crippen LogP contribution in [0.2, 0.25) is 0 Å². The molecule has 3 aromatic carbocycles. The number of benzene rings is 3. The minimum absolute atomic E-state index is 0.0176. The van der Waals surface area contributed by atoms with Crippen molar-refractivity contribution in [2.24, 2.45) is 0 Å². The highest BCUT2D eigenvalue weighted by atomic mass is 19.1. The van der Waals surface area contributed by atoms with Crippen molar-refractivity contribution in [3.63, 3.8) is 0 Å². The van der Waals surface area contributed by atoms with E-state index in [-0.39, 0.29) is 36.6 Å². The van der Waals surface area contributed by atoms with Gasteiger partial charge in [0.15, 0.2) is 0 Å². The zero-order valence-corrected chi connectivity index (χ0v) is 17.7. The second-order valence-corrected chi connectivity index (χ2v) is 7.94. The number of amides is 1. The highest BCUT2D eigenvalue weighted by Crippen LogP contribution is 2.44. The fraction of sp³-hybridized carbons (Fsp3) is 0.231. The van der Waals surface area contributed by atoms with Gasteiger partial charge in [-0.05, 0) is 52.4 Å². The number of nitrogens with zero attached hydrogens (tertiary/aromatic N) is 1. The number of ether oxygens (including phenoxy) is 1. The number of carbonyl (C=O) groups excluding carboxylic acids is 1. The number of nitrogens with one attached hydrogen (secondary N) is 1. The molecule has 0 saturated heterocycles. The zero-order chi connectivity index (χ0) is 23.4. The Hall–Kier alpha value is -3.73. The summed E-state index contributed by atoms with van der Waals surface area (Å²) in [7, 11) is 0. The van der Waals surface area contributed by atoms with Crippen LogP contribution in [0, 0.1) is 17.1 Å². The van der Waals surface area contributed by atoms with E-state index < -0.39 is 24.1 Å². The highest BCUT2D eigenvalue weighted by molar-refractivity contribution is 5.79. The molecule has 6 nitrogen and oxygen atoms in total. The van der Waals surface area contributed by atoms with E-state index in [4.69, 9.17) is 10.00 Å². The summed E-state index contributed by atoms with van der Waals surface area (Å²) in [5, 5.41) is 32.0. The van der Waals surface area contributed by atoms with Gasteiger partial charge in [0.25, 0.3) is 0 Å². The molecule has 33 heavy (non-hydrogen) atoms. The van der Waals surface area contributed by atoms with Crippen molar-refractivity contribution in [3.8, 4) is 17.2 Å². The molecule has 0 bridgehead atoms. The fourth-order valence-corrected chi connectivity index (χ4v) is 4.20. The Kier molecular flexibility index (Phi) is 6.68. The maximum absolute atomic E-state index is 13.6. The molecule has 1 aliphatic rings. The third-order valence-corrected chi connectivity index (χ3v) is 5.81. The minimum Gasteiger partial charge on any atom is -0.449 e. The van der Waals surface area contributed by atoms with Crippen molar-refractivity contribution < 1.29 is 24.1 Å². The topological polar surface area (TPSA) is 103 Å². The molecule has 0 heterocycles. The van der Waals surface area contributed by atoms with Gasteiger partial charge in [-0.1, -0.05) is 48.5 Å². The summed E-state index contributed by atoms with van der Waals surface area (Å²) in [5.74, 6) is -0.732. The number of nitriles is 1. The van der Waals surface area contributed by atoms with Crippen LogP contribution in [0.4, 0.5) is 9.18 Å². The summed E-state index contributed by atoms with van der Waals surface area (Å²) in [6.45, 7) is 0.223.